The highest BCUT2D eigenvalue weighted by molar-refractivity contribution is 5.91. The molecule has 33 heavy (non-hydrogen) atoms. The van der Waals surface area contributed by atoms with Crippen LogP contribution < -0.4 is 5.32 Å². The van der Waals surface area contributed by atoms with E-state index in [-0.39, 0.29) is 23.9 Å². The van der Waals surface area contributed by atoms with Crippen molar-refractivity contribution in [2.75, 3.05) is 5.32 Å². The first-order valence-electron chi connectivity index (χ1n) is 10.9. The standard InChI is InChI=1S/C24H24F2N6O/c1-14-5-3-4-6-17(14)11-31-12-18(10-27-31)28-21(33)13-32-24-22(15(2)30-32)19(23(25)26)9-20(29-24)16-7-8-16/h3-6,9-10,12,16,23H,7-8,11,13H2,1-2H3,(H,28,33). The Balaban J connectivity index is 1.35. The van der Waals surface area contributed by atoms with Crippen molar-refractivity contribution in [3.8, 4) is 0 Å². The summed E-state index contributed by atoms with van der Waals surface area (Å²) in [6, 6.07) is 9.54. The molecule has 0 atom stereocenters. The minimum atomic E-state index is -2.63. The minimum Gasteiger partial charge on any atom is -0.322 e. The van der Waals surface area contributed by atoms with Gasteiger partial charge in [-0.15, -0.1) is 0 Å². The van der Waals surface area contributed by atoms with Crippen molar-refractivity contribution in [2.45, 2.75) is 52.1 Å². The number of halogens is 2. The van der Waals surface area contributed by atoms with Gasteiger partial charge in [0.1, 0.15) is 6.54 Å². The molecule has 0 aliphatic heterocycles. The van der Waals surface area contributed by atoms with E-state index in [1.807, 2.05) is 31.2 Å². The molecular formula is C24H24F2N6O. The molecule has 1 fully saturated rings. The van der Waals surface area contributed by atoms with Crippen molar-refractivity contribution in [1.29, 1.82) is 0 Å². The van der Waals surface area contributed by atoms with E-state index >= 15 is 0 Å². The van der Waals surface area contributed by atoms with Gasteiger partial charge in [-0.2, -0.15) is 10.2 Å². The van der Waals surface area contributed by atoms with Crippen LogP contribution in [0.25, 0.3) is 11.0 Å². The highest BCUT2D eigenvalue weighted by atomic mass is 19.3. The Hall–Kier alpha value is -3.62. The first kappa shape index (κ1) is 21.2. The molecule has 5 rings (SSSR count). The summed E-state index contributed by atoms with van der Waals surface area (Å²) in [4.78, 5) is 17.3. The number of nitrogens with zero attached hydrogens (tertiary/aromatic N) is 5. The second kappa shape index (κ2) is 8.38. The number of pyridine rings is 1. The lowest BCUT2D eigenvalue weighted by molar-refractivity contribution is -0.116. The van der Waals surface area contributed by atoms with Crippen LogP contribution in [0.5, 0.6) is 0 Å². The number of hydrogen-bond acceptors (Lipinski definition) is 4. The Labute approximate surface area is 189 Å². The van der Waals surface area contributed by atoms with Gasteiger partial charge in [0.15, 0.2) is 5.65 Å². The molecule has 0 radical (unpaired) electrons. The molecular weight excluding hydrogens is 426 g/mol. The molecule has 1 aromatic carbocycles. The molecule has 3 aromatic heterocycles. The van der Waals surface area contributed by atoms with Crippen LogP contribution >= 0.6 is 0 Å². The predicted octanol–water partition coefficient (Wildman–Crippen LogP) is 4.75. The fraction of sp³-hybridized carbons (Fsp3) is 0.333. The van der Waals surface area contributed by atoms with Crippen molar-refractivity contribution in [3.05, 3.63) is 70.8 Å². The van der Waals surface area contributed by atoms with Gasteiger partial charge in [0.2, 0.25) is 5.91 Å². The van der Waals surface area contributed by atoms with Crippen molar-refractivity contribution < 1.29 is 13.6 Å². The van der Waals surface area contributed by atoms with Crippen molar-refractivity contribution >= 4 is 22.6 Å². The van der Waals surface area contributed by atoms with Crippen LogP contribution in [0.4, 0.5) is 14.5 Å². The SMILES string of the molecule is Cc1ccccc1Cn1cc(NC(=O)Cn2nc(C)c3c(C(F)F)cc(C4CC4)nc32)cn1. The number of hydrogen-bond donors (Lipinski definition) is 1. The number of aromatic nitrogens is 5. The lowest BCUT2D eigenvalue weighted by Gasteiger charge is -2.08. The molecule has 0 saturated heterocycles. The first-order valence-corrected chi connectivity index (χ1v) is 10.9. The van der Waals surface area contributed by atoms with Crippen LogP contribution in [0, 0.1) is 13.8 Å². The fourth-order valence-corrected chi connectivity index (χ4v) is 4.09. The van der Waals surface area contributed by atoms with E-state index in [1.54, 1.807) is 24.0 Å². The molecule has 1 aliphatic rings. The number of rotatable bonds is 7. The van der Waals surface area contributed by atoms with Crippen LogP contribution in [0.2, 0.25) is 0 Å². The summed E-state index contributed by atoms with van der Waals surface area (Å²) in [5.41, 5.74) is 4.22. The van der Waals surface area contributed by atoms with E-state index in [0.29, 0.717) is 34.7 Å². The minimum absolute atomic E-state index is 0.0662. The van der Waals surface area contributed by atoms with Gasteiger partial charge in [-0.25, -0.2) is 18.4 Å². The normalized spacial score (nSPS) is 13.7. The summed E-state index contributed by atoms with van der Waals surface area (Å²) in [6.45, 7) is 4.17. The average molecular weight is 450 g/mol. The van der Waals surface area contributed by atoms with E-state index < -0.39 is 6.43 Å². The Kier molecular flexibility index (Phi) is 5.39. The predicted molar refractivity (Wildman–Crippen MR) is 120 cm³/mol. The Morgan fingerprint density at radius 2 is 2.03 bits per heavy atom. The molecule has 0 bridgehead atoms. The van der Waals surface area contributed by atoms with Gasteiger partial charge in [0.25, 0.3) is 6.43 Å². The highest BCUT2D eigenvalue weighted by Gasteiger charge is 2.29. The van der Waals surface area contributed by atoms with Crippen molar-refractivity contribution in [2.24, 2.45) is 0 Å². The third-order valence-corrected chi connectivity index (χ3v) is 5.96. The van der Waals surface area contributed by atoms with Crippen molar-refractivity contribution in [1.82, 2.24) is 24.5 Å². The molecule has 9 heteroatoms. The zero-order valence-electron chi connectivity index (χ0n) is 18.4. The first-order chi connectivity index (χ1) is 15.9. The zero-order chi connectivity index (χ0) is 23.1. The molecule has 0 unspecified atom stereocenters. The van der Waals surface area contributed by atoms with E-state index in [1.165, 1.54) is 16.3 Å². The van der Waals surface area contributed by atoms with Gasteiger partial charge in [-0.1, -0.05) is 24.3 Å². The van der Waals surface area contributed by atoms with Gasteiger partial charge >= 0.3 is 0 Å². The van der Waals surface area contributed by atoms with Gasteiger partial charge < -0.3 is 5.32 Å². The number of nitrogens with one attached hydrogen (secondary N) is 1. The largest absolute Gasteiger partial charge is 0.322 e. The van der Waals surface area contributed by atoms with Gasteiger partial charge in [-0.3, -0.25) is 9.48 Å². The summed E-state index contributed by atoms with van der Waals surface area (Å²) in [5.74, 6) is -0.115. The molecule has 0 spiro atoms. The number of anilines is 1. The quantitative estimate of drug-likeness (QED) is 0.441. The molecule has 1 N–H and O–H groups in total. The van der Waals surface area contributed by atoms with E-state index in [0.717, 1.165) is 18.4 Å². The molecule has 3 heterocycles. The van der Waals surface area contributed by atoms with E-state index in [4.69, 9.17) is 0 Å². The molecule has 4 aromatic rings. The van der Waals surface area contributed by atoms with Crippen LogP contribution in [-0.4, -0.2) is 30.5 Å². The Bertz CT molecular complexity index is 1340. The third-order valence-electron chi connectivity index (χ3n) is 5.96. The molecule has 170 valence electrons. The Morgan fingerprint density at radius 3 is 2.76 bits per heavy atom. The monoisotopic (exact) mass is 450 g/mol. The smallest absolute Gasteiger partial charge is 0.264 e. The number of fused-ring (bicyclic) bond motifs is 1. The van der Waals surface area contributed by atoms with Crippen LogP contribution in [0.15, 0.2) is 42.7 Å². The van der Waals surface area contributed by atoms with Crippen LogP contribution in [-0.2, 0) is 17.9 Å². The summed E-state index contributed by atoms with van der Waals surface area (Å²) in [5, 5.41) is 11.8. The second-order valence-corrected chi connectivity index (χ2v) is 8.55. The summed E-state index contributed by atoms with van der Waals surface area (Å²) >= 11 is 0. The fourth-order valence-electron chi connectivity index (χ4n) is 4.09. The summed E-state index contributed by atoms with van der Waals surface area (Å²) in [7, 11) is 0. The number of benzene rings is 1. The lowest BCUT2D eigenvalue weighted by atomic mass is 10.1. The maximum atomic E-state index is 13.7. The number of carbonyl (C=O) groups is 1. The Morgan fingerprint density at radius 1 is 1.24 bits per heavy atom. The number of amides is 1. The molecule has 1 aliphatic carbocycles. The van der Waals surface area contributed by atoms with Crippen molar-refractivity contribution in [3.63, 3.8) is 0 Å². The second-order valence-electron chi connectivity index (χ2n) is 8.55. The van der Waals surface area contributed by atoms with E-state index in [9.17, 15) is 13.6 Å². The number of carbonyl (C=O) groups excluding carboxylic acids is 1. The van der Waals surface area contributed by atoms with Gasteiger partial charge in [-0.05, 0) is 43.9 Å². The maximum Gasteiger partial charge on any atom is 0.264 e. The maximum absolute atomic E-state index is 13.7. The molecule has 7 nitrogen and oxygen atoms in total. The lowest BCUT2D eigenvalue weighted by Crippen LogP contribution is -2.19. The molecule has 1 saturated carbocycles. The number of aryl methyl sites for hydroxylation is 2. The third kappa shape index (κ3) is 4.35. The topological polar surface area (TPSA) is 77.6 Å². The zero-order valence-corrected chi connectivity index (χ0v) is 18.4. The van der Waals surface area contributed by atoms with Gasteiger partial charge in [0.05, 0.1) is 29.5 Å². The highest BCUT2D eigenvalue weighted by Crippen LogP contribution is 2.41. The number of alkyl halides is 2. The van der Waals surface area contributed by atoms with Gasteiger partial charge in [0, 0.05) is 23.4 Å². The summed E-state index contributed by atoms with van der Waals surface area (Å²) in [6.07, 6.45) is 2.61. The average Bonchev–Trinajstić information content (AvgIpc) is 3.47. The van der Waals surface area contributed by atoms with Crippen LogP contribution in [0.3, 0.4) is 0 Å². The van der Waals surface area contributed by atoms with E-state index in [2.05, 4.69) is 20.5 Å². The summed E-state index contributed by atoms with van der Waals surface area (Å²) < 4.78 is 30.6. The molecule has 1 amide bonds. The van der Waals surface area contributed by atoms with Crippen LogP contribution in [0.1, 0.15) is 53.3 Å².